The molecule has 0 radical (unpaired) electrons. The maximum atomic E-state index is 12.4. The average Bonchev–Trinajstić information content (AvgIpc) is 2.87. The van der Waals surface area contributed by atoms with Gasteiger partial charge in [-0.3, -0.25) is 14.9 Å². The Labute approximate surface area is 105 Å². The van der Waals surface area contributed by atoms with E-state index in [0.29, 0.717) is 5.56 Å². The monoisotopic (exact) mass is 242 g/mol. The van der Waals surface area contributed by atoms with Crippen LogP contribution in [0.4, 0.5) is 5.69 Å². The zero-order valence-corrected chi connectivity index (χ0v) is 10.2. The second-order valence-corrected chi connectivity index (χ2v) is 4.48. The van der Waals surface area contributed by atoms with Gasteiger partial charge in [0.1, 0.15) is 0 Å². The van der Waals surface area contributed by atoms with E-state index in [-0.39, 0.29) is 5.91 Å². The molecular formula is C13H14N4O. The Bertz CT molecular complexity index is 573. The number of nitrogens with zero attached hydrogens (tertiary/aromatic N) is 3. The van der Waals surface area contributed by atoms with E-state index in [1.807, 2.05) is 19.1 Å². The second-order valence-electron chi connectivity index (χ2n) is 4.48. The van der Waals surface area contributed by atoms with Gasteiger partial charge in [-0.25, -0.2) is 0 Å². The quantitative estimate of drug-likeness (QED) is 0.828. The highest BCUT2D eigenvalue weighted by atomic mass is 16.2. The number of H-pyrrole nitrogens is 1. The SMILES string of the molecule is Cc1ccc(C(=O)N2CCCc3[nH]ncc32)cn1. The largest absolute Gasteiger partial charge is 0.305 e. The zero-order valence-electron chi connectivity index (χ0n) is 10.2. The summed E-state index contributed by atoms with van der Waals surface area (Å²) in [5.41, 5.74) is 3.46. The molecule has 0 aromatic carbocycles. The summed E-state index contributed by atoms with van der Waals surface area (Å²) >= 11 is 0. The Hall–Kier alpha value is -2.17. The highest BCUT2D eigenvalue weighted by Crippen LogP contribution is 2.26. The number of aryl methyl sites for hydroxylation is 2. The van der Waals surface area contributed by atoms with Crippen LogP contribution in [0.5, 0.6) is 0 Å². The number of aromatic amines is 1. The van der Waals surface area contributed by atoms with Gasteiger partial charge in [0, 0.05) is 18.4 Å². The molecule has 1 N–H and O–H groups in total. The highest BCUT2D eigenvalue weighted by Gasteiger charge is 2.24. The summed E-state index contributed by atoms with van der Waals surface area (Å²) in [4.78, 5) is 18.4. The minimum absolute atomic E-state index is 0.00940. The lowest BCUT2D eigenvalue weighted by molar-refractivity contribution is 0.0984. The number of aromatic nitrogens is 3. The fourth-order valence-electron chi connectivity index (χ4n) is 2.22. The molecule has 3 heterocycles. The van der Waals surface area contributed by atoms with Crippen molar-refractivity contribution in [3.8, 4) is 0 Å². The lowest BCUT2D eigenvalue weighted by Gasteiger charge is -2.26. The van der Waals surface area contributed by atoms with E-state index < -0.39 is 0 Å². The van der Waals surface area contributed by atoms with Gasteiger partial charge in [-0.1, -0.05) is 0 Å². The summed E-state index contributed by atoms with van der Waals surface area (Å²) in [7, 11) is 0. The number of hydrogen-bond donors (Lipinski definition) is 1. The molecule has 0 spiro atoms. The maximum absolute atomic E-state index is 12.4. The van der Waals surface area contributed by atoms with Crippen molar-refractivity contribution in [1.29, 1.82) is 0 Å². The van der Waals surface area contributed by atoms with E-state index >= 15 is 0 Å². The summed E-state index contributed by atoms with van der Waals surface area (Å²) < 4.78 is 0. The van der Waals surface area contributed by atoms with E-state index in [2.05, 4.69) is 15.2 Å². The van der Waals surface area contributed by atoms with Crippen molar-refractivity contribution in [2.24, 2.45) is 0 Å². The molecule has 0 fully saturated rings. The molecule has 0 unspecified atom stereocenters. The number of anilines is 1. The van der Waals surface area contributed by atoms with Gasteiger partial charge in [-0.15, -0.1) is 0 Å². The molecule has 0 saturated heterocycles. The smallest absolute Gasteiger partial charge is 0.259 e. The van der Waals surface area contributed by atoms with Crippen molar-refractivity contribution in [2.45, 2.75) is 19.8 Å². The predicted molar refractivity (Wildman–Crippen MR) is 67.6 cm³/mol. The van der Waals surface area contributed by atoms with Crippen molar-refractivity contribution in [2.75, 3.05) is 11.4 Å². The number of fused-ring (bicyclic) bond motifs is 1. The number of rotatable bonds is 1. The van der Waals surface area contributed by atoms with Gasteiger partial charge in [0.05, 0.1) is 23.1 Å². The maximum Gasteiger partial charge on any atom is 0.259 e. The second kappa shape index (κ2) is 4.25. The fraction of sp³-hybridized carbons (Fsp3) is 0.308. The summed E-state index contributed by atoms with van der Waals surface area (Å²) in [6, 6.07) is 3.67. The summed E-state index contributed by atoms with van der Waals surface area (Å²) in [5.74, 6) is -0.00940. The molecular weight excluding hydrogens is 228 g/mol. The molecule has 18 heavy (non-hydrogen) atoms. The average molecular weight is 242 g/mol. The molecule has 0 aliphatic carbocycles. The molecule has 2 aromatic rings. The van der Waals surface area contributed by atoms with Crippen LogP contribution in [0, 0.1) is 6.92 Å². The molecule has 0 atom stereocenters. The number of amides is 1. The van der Waals surface area contributed by atoms with Crippen LogP contribution < -0.4 is 4.90 Å². The van der Waals surface area contributed by atoms with E-state index in [9.17, 15) is 4.79 Å². The number of hydrogen-bond acceptors (Lipinski definition) is 3. The Morgan fingerprint density at radius 1 is 1.39 bits per heavy atom. The van der Waals surface area contributed by atoms with Crippen LogP contribution in [0.1, 0.15) is 28.2 Å². The summed E-state index contributed by atoms with van der Waals surface area (Å²) in [6.45, 7) is 2.64. The Morgan fingerprint density at radius 2 is 2.28 bits per heavy atom. The molecule has 3 rings (SSSR count). The fourth-order valence-corrected chi connectivity index (χ4v) is 2.22. The van der Waals surface area contributed by atoms with Crippen LogP contribution in [0.15, 0.2) is 24.5 Å². The molecule has 5 heteroatoms. The first-order valence-electron chi connectivity index (χ1n) is 6.02. The Morgan fingerprint density at radius 3 is 3.06 bits per heavy atom. The van der Waals surface area contributed by atoms with Gasteiger partial charge in [0.15, 0.2) is 0 Å². The number of carbonyl (C=O) groups is 1. The van der Waals surface area contributed by atoms with Crippen LogP contribution in [-0.4, -0.2) is 27.6 Å². The molecule has 1 aliphatic rings. The van der Waals surface area contributed by atoms with E-state index in [1.165, 1.54) is 0 Å². The van der Waals surface area contributed by atoms with Gasteiger partial charge in [0.25, 0.3) is 5.91 Å². The zero-order chi connectivity index (χ0) is 12.5. The van der Waals surface area contributed by atoms with Crippen molar-refractivity contribution < 1.29 is 4.79 Å². The third-order valence-corrected chi connectivity index (χ3v) is 3.20. The van der Waals surface area contributed by atoms with Crippen molar-refractivity contribution in [1.82, 2.24) is 15.2 Å². The van der Waals surface area contributed by atoms with E-state index in [4.69, 9.17) is 0 Å². The molecule has 5 nitrogen and oxygen atoms in total. The van der Waals surface area contributed by atoms with Crippen molar-refractivity contribution in [3.05, 3.63) is 41.5 Å². The topological polar surface area (TPSA) is 61.9 Å². The van der Waals surface area contributed by atoms with Crippen molar-refractivity contribution >= 4 is 11.6 Å². The lowest BCUT2D eigenvalue weighted by atomic mass is 10.1. The van der Waals surface area contributed by atoms with Gasteiger partial charge in [-0.05, 0) is 31.9 Å². The minimum Gasteiger partial charge on any atom is -0.305 e. The lowest BCUT2D eigenvalue weighted by Crippen LogP contribution is -2.35. The van der Waals surface area contributed by atoms with Crippen LogP contribution in [0.2, 0.25) is 0 Å². The molecule has 0 bridgehead atoms. The molecule has 1 aliphatic heterocycles. The standard InChI is InChI=1S/C13H14N4O/c1-9-4-5-10(7-14-9)13(18)17-6-2-3-11-12(17)8-15-16-11/h4-5,7-8H,2-3,6H2,1H3,(H,15,16). The Kier molecular flexibility index (Phi) is 2.59. The highest BCUT2D eigenvalue weighted by molar-refractivity contribution is 6.06. The van der Waals surface area contributed by atoms with Crippen LogP contribution in [-0.2, 0) is 6.42 Å². The number of pyridine rings is 1. The number of nitrogens with one attached hydrogen (secondary N) is 1. The van der Waals surface area contributed by atoms with Gasteiger partial charge >= 0.3 is 0 Å². The van der Waals surface area contributed by atoms with Gasteiger partial charge in [-0.2, -0.15) is 5.10 Å². The molecule has 2 aromatic heterocycles. The van der Waals surface area contributed by atoms with Crippen LogP contribution >= 0.6 is 0 Å². The molecule has 0 saturated carbocycles. The van der Waals surface area contributed by atoms with Gasteiger partial charge in [0.2, 0.25) is 0 Å². The third-order valence-electron chi connectivity index (χ3n) is 3.20. The van der Waals surface area contributed by atoms with Crippen molar-refractivity contribution in [3.63, 3.8) is 0 Å². The number of carbonyl (C=O) groups excluding carboxylic acids is 1. The summed E-state index contributed by atoms with van der Waals surface area (Å²) in [6.07, 6.45) is 5.26. The van der Waals surface area contributed by atoms with E-state index in [0.717, 1.165) is 36.5 Å². The first-order valence-corrected chi connectivity index (χ1v) is 6.02. The normalized spacial score (nSPS) is 14.4. The van der Waals surface area contributed by atoms with Gasteiger partial charge < -0.3 is 4.90 Å². The first-order chi connectivity index (χ1) is 8.75. The molecule has 1 amide bonds. The summed E-state index contributed by atoms with van der Waals surface area (Å²) in [5, 5.41) is 6.95. The third kappa shape index (κ3) is 1.77. The van der Waals surface area contributed by atoms with Crippen LogP contribution in [0.3, 0.4) is 0 Å². The minimum atomic E-state index is -0.00940. The Balaban J connectivity index is 1.93. The van der Waals surface area contributed by atoms with E-state index in [1.54, 1.807) is 17.3 Å². The molecule has 92 valence electrons. The predicted octanol–water partition coefficient (Wildman–Crippen LogP) is 1.71. The van der Waals surface area contributed by atoms with Crippen LogP contribution in [0.25, 0.3) is 0 Å². The first kappa shape index (κ1) is 11.0.